The van der Waals surface area contributed by atoms with E-state index in [1.807, 2.05) is 30.3 Å². The van der Waals surface area contributed by atoms with Gasteiger partial charge >= 0.3 is 0 Å². The Bertz CT molecular complexity index is 773. The van der Waals surface area contributed by atoms with Crippen LogP contribution in [0.5, 0.6) is 5.75 Å². The average Bonchev–Trinajstić information content (AvgIpc) is 2.58. The number of halogens is 2. The third-order valence-corrected chi connectivity index (χ3v) is 5.56. The van der Waals surface area contributed by atoms with Gasteiger partial charge < -0.3 is 10.5 Å². The minimum atomic E-state index is -3.97. The number of methoxy groups -OCH3 is 1. The van der Waals surface area contributed by atoms with E-state index < -0.39 is 15.8 Å². The van der Waals surface area contributed by atoms with Crippen molar-refractivity contribution in [3.05, 3.63) is 59.9 Å². The van der Waals surface area contributed by atoms with Gasteiger partial charge in [-0.15, -0.1) is 12.4 Å². The summed E-state index contributed by atoms with van der Waals surface area (Å²) in [7, 11) is -2.57. The molecule has 0 heterocycles. The van der Waals surface area contributed by atoms with E-state index in [-0.39, 0.29) is 42.7 Å². The second-order valence-corrected chi connectivity index (χ2v) is 7.13. The van der Waals surface area contributed by atoms with Crippen molar-refractivity contribution in [3.8, 4) is 5.75 Å². The van der Waals surface area contributed by atoms with E-state index in [0.29, 0.717) is 6.42 Å². The zero-order valence-corrected chi connectivity index (χ0v) is 15.5. The van der Waals surface area contributed by atoms with Gasteiger partial charge in [0.1, 0.15) is 16.5 Å². The van der Waals surface area contributed by atoms with Crippen LogP contribution in [0.2, 0.25) is 0 Å². The summed E-state index contributed by atoms with van der Waals surface area (Å²) >= 11 is 0. The molecule has 0 bridgehead atoms. The number of rotatable bonds is 8. The highest BCUT2D eigenvalue weighted by Crippen LogP contribution is 2.23. The fraction of sp³-hybridized carbons (Fsp3) is 0.294. The fourth-order valence-electron chi connectivity index (χ4n) is 2.35. The lowest BCUT2D eigenvalue weighted by molar-refractivity contribution is 0.405. The number of nitrogens with zero attached hydrogens (tertiary/aromatic N) is 1. The van der Waals surface area contributed by atoms with E-state index in [9.17, 15) is 12.8 Å². The Morgan fingerprint density at radius 1 is 1.12 bits per heavy atom. The molecule has 2 rings (SSSR count). The molecule has 0 fully saturated rings. The van der Waals surface area contributed by atoms with Crippen LogP contribution in [0.1, 0.15) is 5.56 Å². The number of hydrogen-bond donors (Lipinski definition) is 1. The molecular formula is C17H22ClFN2O3S. The minimum absolute atomic E-state index is 0. The number of sulfonamides is 1. The van der Waals surface area contributed by atoms with Crippen LogP contribution in [0, 0.1) is 5.82 Å². The van der Waals surface area contributed by atoms with Crippen LogP contribution >= 0.6 is 12.4 Å². The van der Waals surface area contributed by atoms with Crippen molar-refractivity contribution in [1.82, 2.24) is 4.31 Å². The molecule has 0 saturated heterocycles. The van der Waals surface area contributed by atoms with E-state index in [2.05, 4.69) is 0 Å². The molecule has 0 aliphatic rings. The Balaban J connectivity index is 0.00000312. The highest BCUT2D eigenvalue weighted by atomic mass is 35.5. The van der Waals surface area contributed by atoms with E-state index in [1.165, 1.54) is 23.5 Å². The van der Waals surface area contributed by atoms with E-state index >= 15 is 0 Å². The first-order chi connectivity index (χ1) is 11.5. The first-order valence-electron chi connectivity index (χ1n) is 7.56. The predicted octanol–water partition coefficient (Wildman–Crippen LogP) is 2.45. The molecule has 5 nitrogen and oxygen atoms in total. The third-order valence-electron chi connectivity index (χ3n) is 3.63. The molecule has 25 heavy (non-hydrogen) atoms. The smallest absolute Gasteiger partial charge is 0.246 e. The van der Waals surface area contributed by atoms with Gasteiger partial charge in [0.15, 0.2) is 0 Å². The number of ether oxygens (including phenoxy) is 1. The van der Waals surface area contributed by atoms with Crippen LogP contribution in [0.3, 0.4) is 0 Å². The summed E-state index contributed by atoms with van der Waals surface area (Å²) in [6, 6.07) is 13.2. The zero-order valence-electron chi connectivity index (χ0n) is 13.9. The van der Waals surface area contributed by atoms with Crippen LogP contribution in [0.25, 0.3) is 0 Å². The van der Waals surface area contributed by atoms with Gasteiger partial charge in [0, 0.05) is 25.7 Å². The Kier molecular flexibility index (Phi) is 8.31. The van der Waals surface area contributed by atoms with E-state index in [1.54, 1.807) is 0 Å². The molecule has 8 heteroatoms. The molecule has 138 valence electrons. The Morgan fingerprint density at radius 2 is 1.80 bits per heavy atom. The Hall–Kier alpha value is -1.67. The molecule has 0 aromatic heterocycles. The summed E-state index contributed by atoms with van der Waals surface area (Å²) in [5.41, 5.74) is 6.54. The summed E-state index contributed by atoms with van der Waals surface area (Å²) in [5.74, 6) is -0.572. The Morgan fingerprint density at radius 3 is 2.36 bits per heavy atom. The molecular weight excluding hydrogens is 367 g/mol. The zero-order chi connectivity index (χ0) is 17.6. The first-order valence-corrected chi connectivity index (χ1v) is 9.00. The second-order valence-electron chi connectivity index (χ2n) is 5.22. The van der Waals surface area contributed by atoms with Gasteiger partial charge in [-0.3, -0.25) is 0 Å². The van der Waals surface area contributed by atoms with Crippen LogP contribution in [-0.2, 0) is 16.4 Å². The lowest BCUT2D eigenvalue weighted by atomic mass is 10.1. The van der Waals surface area contributed by atoms with Crippen molar-refractivity contribution < 1.29 is 17.5 Å². The van der Waals surface area contributed by atoms with Crippen molar-refractivity contribution in [1.29, 1.82) is 0 Å². The van der Waals surface area contributed by atoms with Crippen LogP contribution in [-0.4, -0.2) is 39.5 Å². The van der Waals surface area contributed by atoms with Gasteiger partial charge in [-0.05, 0) is 24.1 Å². The van der Waals surface area contributed by atoms with Crippen molar-refractivity contribution in [3.63, 3.8) is 0 Å². The molecule has 0 saturated carbocycles. The van der Waals surface area contributed by atoms with Crippen LogP contribution in [0.4, 0.5) is 4.39 Å². The molecule has 0 aliphatic carbocycles. The van der Waals surface area contributed by atoms with Crippen LogP contribution in [0.15, 0.2) is 53.4 Å². The van der Waals surface area contributed by atoms with Gasteiger partial charge in [-0.2, -0.15) is 4.31 Å². The summed E-state index contributed by atoms with van der Waals surface area (Å²) in [6.45, 7) is 0.515. The van der Waals surface area contributed by atoms with E-state index in [4.69, 9.17) is 10.5 Å². The van der Waals surface area contributed by atoms with Crippen molar-refractivity contribution in [2.24, 2.45) is 5.73 Å². The molecule has 0 unspecified atom stereocenters. The third kappa shape index (κ3) is 5.40. The standard InChI is InChI=1S/C17H21FN2O3S.ClH/c1-23-15-7-8-17(16(18)13-15)24(21,22)20(12-10-19)11-9-14-5-3-2-4-6-14;/h2-8,13H,9-12,19H2,1H3;1H. The molecule has 2 N–H and O–H groups in total. The monoisotopic (exact) mass is 388 g/mol. The number of hydrogen-bond acceptors (Lipinski definition) is 4. The highest BCUT2D eigenvalue weighted by Gasteiger charge is 2.27. The van der Waals surface area contributed by atoms with Gasteiger partial charge in [0.05, 0.1) is 7.11 Å². The molecule has 0 aliphatic heterocycles. The molecule has 0 amide bonds. The van der Waals surface area contributed by atoms with Gasteiger partial charge in [0.2, 0.25) is 10.0 Å². The molecule has 0 atom stereocenters. The van der Waals surface area contributed by atoms with Gasteiger partial charge in [-0.1, -0.05) is 30.3 Å². The molecule has 2 aromatic carbocycles. The Labute approximate surface area is 154 Å². The largest absolute Gasteiger partial charge is 0.497 e. The van der Waals surface area contributed by atoms with Gasteiger partial charge in [-0.25, -0.2) is 12.8 Å². The topological polar surface area (TPSA) is 72.6 Å². The molecule has 0 spiro atoms. The lowest BCUT2D eigenvalue weighted by Crippen LogP contribution is -2.37. The highest BCUT2D eigenvalue weighted by molar-refractivity contribution is 7.89. The number of nitrogens with two attached hydrogens (primary N) is 1. The summed E-state index contributed by atoms with van der Waals surface area (Å²) < 4.78 is 45.8. The maximum absolute atomic E-state index is 14.2. The SMILES string of the molecule is COc1ccc(S(=O)(=O)N(CCN)CCc2ccccc2)c(F)c1.Cl. The number of benzene rings is 2. The summed E-state index contributed by atoms with van der Waals surface area (Å²) in [5, 5.41) is 0. The molecule has 2 aromatic rings. The molecule has 0 radical (unpaired) electrons. The van der Waals surface area contributed by atoms with Crippen LogP contribution < -0.4 is 10.5 Å². The van der Waals surface area contributed by atoms with Crippen molar-refractivity contribution >= 4 is 22.4 Å². The predicted molar refractivity (Wildman–Crippen MR) is 98.2 cm³/mol. The normalized spacial score (nSPS) is 11.2. The maximum atomic E-state index is 14.2. The summed E-state index contributed by atoms with van der Waals surface area (Å²) in [6.07, 6.45) is 0.526. The average molecular weight is 389 g/mol. The first kappa shape index (κ1) is 21.4. The van der Waals surface area contributed by atoms with Gasteiger partial charge in [0.25, 0.3) is 0 Å². The van der Waals surface area contributed by atoms with Crippen molar-refractivity contribution in [2.45, 2.75) is 11.3 Å². The van der Waals surface area contributed by atoms with Crippen molar-refractivity contribution in [2.75, 3.05) is 26.7 Å². The summed E-state index contributed by atoms with van der Waals surface area (Å²) in [4.78, 5) is -0.371. The quantitative estimate of drug-likeness (QED) is 0.753. The van der Waals surface area contributed by atoms with E-state index in [0.717, 1.165) is 11.6 Å². The fourth-order valence-corrected chi connectivity index (χ4v) is 3.85. The second kappa shape index (κ2) is 9.72. The maximum Gasteiger partial charge on any atom is 0.246 e. The lowest BCUT2D eigenvalue weighted by Gasteiger charge is -2.22. The minimum Gasteiger partial charge on any atom is -0.497 e.